The Labute approximate surface area is 107 Å². The van der Waals surface area contributed by atoms with Crippen molar-refractivity contribution in [2.45, 2.75) is 26.0 Å². The zero-order valence-corrected chi connectivity index (χ0v) is 11.3. The summed E-state index contributed by atoms with van der Waals surface area (Å²) in [6, 6.07) is 5.77. The summed E-state index contributed by atoms with van der Waals surface area (Å²) >= 11 is 0. The molecule has 1 aromatic rings. The molecule has 0 aliphatic carbocycles. The van der Waals surface area contributed by atoms with Crippen LogP contribution in [0.15, 0.2) is 18.2 Å². The lowest BCUT2D eigenvalue weighted by Crippen LogP contribution is -2.46. The second-order valence-electron chi connectivity index (χ2n) is 4.71. The molecule has 0 radical (unpaired) electrons. The quantitative estimate of drug-likeness (QED) is 0.783. The van der Waals surface area contributed by atoms with Crippen LogP contribution in [-0.4, -0.2) is 47.3 Å². The number of carbonyl (C=O) groups is 1. The van der Waals surface area contributed by atoms with E-state index < -0.39 is 11.6 Å². The molecule has 0 fully saturated rings. The molecule has 0 aromatic carbocycles. The lowest BCUT2D eigenvalue weighted by molar-refractivity contribution is -0.162. The average molecular weight is 252 g/mol. The van der Waals surface area contributed by atoms with Crippen molar-refractivity contribution in [2.75, 3.05) is 20.7 Å². The van der Waals surface area contributed by atoms with Gasteiger partial charge in [-0.15, -0.1) is 0 Å². The number of pyridine rings is 1. The first-order valence-corrected chi connectivity index (χ1v) is 5.77. The minimum atomic E-state index is -1.51. The third kappa shape index (κ3) is 4.09. The van der Waals surface area contributed by atoms with Gasteiger partial charge in [0.05, 0.1) is 12.8 Å². The highest BCUT2D eigenvalue weighted by atomic mass is 16.5. The van der Waals surface area contributed by atoms with Gasteiger partial charge in [0.1, 0.15) is 0 Å². The molecule has 1 unspecified atom stereocenters. The summed E-state index contributed by atoms with van der Waals surface area (Å²) in [6.45, 7) is 4.12. The van der Waals surface area contributed by atoms with Gasteiger partial charge in [0.15, 0.2) is 5.60 Å². The molecule has 0 saturated heterocycles. The van der Waals surface area contributed by atoms with Gasteiger partial charge in [-0.05, 0) is 33.0 Å². The van der Waals surface area contributed by atoms with E-state index in [4.69, 9.17) is 0 Å². The van der Waals surface area contributed by atoms with Gasteiger partial charge in [-0.2, -0.15) is 0 Å². The van der Waals surface area contributed by atoms with E-state index in [9.17, 15) is 9.90 Å². The molecule has 0 saturated carbocycles. The summed E-state index contributed by atoms with van der Waals surface area (Å²) in [5.74, 6) is -0.633. The number of carbonyl (C=O) groups excluding carboxylic acids is 1. The Morgan fingerprint density at radius 2 is 2.22 bits per heavy atom. The first kappa shape index (κ1) is 14.6. The molecule has 1 rings (SSSR count). The molecule has 5 nitrogen and oxygen atoms in total. The first-order chi connectivity index (χ1) is 8.35. The number of aryl methyl sites for hydroxylation is 1. The van der Waals surface area contributed by atoms with Gasteiger partial charge in [-0.1, -0.05) is 6.07 Å². The number of hydrogen-bond acceptors (Lipinski definition) is 5. The molecule has 0 amide bonds. The van der Waals surface area contributed by atoms with Gasteiger partial charge >= 0.3 is 5.97 Å². The Kier molecular flexibility index (Phi) is 4.81. The monoisotopic (exact) mass is 252 g/mol. The van der Waals surface area contributed by atoms with Crippen LogP contribution in [0.25, 0.3) is 0 Å². The number of aromatic nitrogens is 1. The smallest absolute Gasteiger partial charge is 0.338 e. The Balaban J connectivity index is 2.61. The average Bonchev–Trinajstić information content (AvgIpc) is 2.26. The number of esters is 1. The molecular formula is C13H20N2O3. The van der Waals surface area contributed by atoms with Gasteiger partial charge in [0.25, 0.3) is 0 Å². The fourth-order valence-electron chi connectivity index (χ4n) is 1.83. The third-order valence-corrected chi connectivity index (χ3v) is 2.58. The Morgan fingerprint density at radius 1 is 1.56 bits per heavy atom. The van der Waals surface area contributed by atoms with Crippen molar-refractivity contribution in [1.29, 1.82) is 0 Å². The van der Waals surface area contributed by atoms with Crippen molar-refractivity contribution in [3.63, 3.8) is 0 Å². The fraction of sp³-hybridized carbons (Fsp3) is 0.538. The minimum Gasteiger partial charge on any atom is -0.467 e. The summed E-state index contributed by atoms with van der Waals surface area (Å²) in [5.41, 5.74) is 0.339. The van der Waals surface area contributed by atoms with Crippen molar-refractivity contribution >= 4 is 5.97 Å². The molecule has 18 heavy (non-hydrogen) atoms. The van der Waals surface area contributed by atoms with E-state index in [1.54, 1.807) is 0 Å². The van der Waals surface area contributed by atoms with Crippen molar-refractivity contribution in [1.82, 2.24) is 9.88 Å². The normalized spacial score (nSPS) is 14.3. The van der Waals surface area contributed by atoms with E-state index in [2.05, 4.69) is 9.72 Å². The van der Waals surface area contributed by atoms with Crippen LogP contribution in [0.2, 0.25) is 0 Å². The maximum atomic E-state index is 11.4. The van der Waals surface area contributed by atoms with E-state index in [0.29, 0.717) is 6.54 Å². The maximum Gasteiger partial charge on any atom is 0.338 e. The molecule has 1 heterocycles. The largest absolute Gasteiger partial charge is 0.467 e. The molecule has 1 N–H and O–H groups in total. The van der Waals surface area contributed by atoms with Crippen LogP contribution in [-0.2, 0) is 16.1 Å². The Hall–Kier alpha value is -1.46. The SMILES string of the molecule is COC(=O)C(C)(O)CN(C)Cc1cccc(C)n1. The van der Waals surface area contributed by atoms with Crippen molar-refractivity contribution < 1.29 is 14.6 Å². The molecule has 5 heteroatoms. The number of nitrogens with zero attached hydrogens (tertiary/aromatic N) is 2. The van der Waals surface area contributed by atoms with Crippen LogP contribution in [0.3, 0.4) is 0 Å². The molecule has 0 aliphatic heterocycles. The molecule has 0 aliphatic rings. The van der Waals surface area contributed by atoms with E-state index in [-0.39, 0.29) is 6.54 Å². The van der Waals surface area contributed by atoms with Gasteiger partial charge in [-0.25, -0.2) is 4.79 Å². The summed E-state index contributed by atoms with van der Waals surface area (Å²) in [5, 5.41) is 9.95. The van der Waals surface area contributed by atoms with Crippen LogP contribution < -0.4 is 0 Å². The van der Waals surface area contributed by atoms with Crippen LogP contribution in [0, 0.1) is 6.92 Å². The van der Waals surface area contributed by atoms with E-state index in [0.717, 1.165) is 11.4 Å². The van der Waals surface area contributed by atoms with Crippen molar-refractivity contribution in [3.05, 3.63) is 29.6 Å². The molecular weight excluding hydrogens is 232 g/mol. The van der Waals surface area contributed by atoms with E-state index in [1.807, 2.05) is 37.1 Å². The zero-order chi connectivity index (χ0) is 13.8. The summed E-state index contributed by atoms with van der Waals surface area (Å²) in [7, 11) is 3.08. The number of ether oxygens (including phenoxy) is 1. The number of methoxy groups -OCH3 is 1. The lowest BCUT2D eigenvalue weighted by atomic mass is 10.1. The maximum absolute atomic E-state index is 11.4. The first-order valence-electron chi connectivity index (χ1n) is 5.77. The summed E-state index contributed by atoms with van der Waals surface area (Å²) < 4.78 is 4.55. The molecule has 1 aromatic heterocycles. The number of likely N-dealkylation sites (N-methyl/N-ethyl adjacent to an activating group) is 1. The standard InChI is InChI=1S/C13H20N2O3/c1-10-6-5-7-11(14-10)8-15(3)9-13(2,17)12(16)18-4/h5-7,17H,8-9H2,1-4H3. The predicted octanol–water partition coefficient (Wildman–Crippen LogP) is 0.746. The van der Waals surface area contributed by atoms with Gasteiger partial charge < -0.3 is 9.84 Å². The highest BCUT2D eigenvalue weighted by molar-refractivity contribution is 5.78. The number of rotatable bonds is 5. The minimum absolute atomic E-state index is 0.190. The van der Waals surface area contributed by atoms with Crippen LogP contribution in [0.4, 0.5) is 0 Å². The highest BCUT2D eigenvalue weighted by Gasteiger charge is 2.32. The topological polar surface area (TPSA) is 62.7 Å². The van der Waals surface area contributed by atoms with Gasteiger partial charge in [0.2, 0.25) is 0 Å². The fourth-order valence-corrected chi connectivity index (χ4v) is 1.83. The lowest BCUT2D eigenvalue weighted by Gasteiger charge is -2.26. The van der Waals surface area contributed by atoms with Crippen molar-refractivity contribution in [2.24, 2.45) is 0 Å². The van der Waals surface area contributed by atoms with Gasteiger partial charge in [0, 0.05) is 18.8 Å². The summed E-state index contributed by atoms with van der Waals surface area (Å²) in [6.07, 6.45) is 0. The van der Waals surface area contributed by atoms with E-state index in [1.165, 1.54) is 14.0 Å². The van der Waals surface area contributed by atoms with E-state index >= 15 is 0 Å². The predicted molar refractivity (Wildman–Crippen MR) is 67.9 cm³/mol. The van der Waals surface area contributed by atoms with Crippen LogP contribution in [0.1, 0.15) is 18.3 Å². The van der Waals surface area contributed by atoms with Crippen LogP contribution >= 0.6 is 0 Å². The molecule has 100 valence electrons. The second-order valence-corrected chi connectivity index (χ2v) is 4.71. The highest BCUT2D eigenvalue weighted by Crippen LogP contribution is 2.10. The van der Waals surface area contributed by atoms with Crippen molar-refractivity contribution in [3.8, 4) is 0 Å². The molecule has 0 bridgehead atoms. The second kappa shape index (κ2) is 5.93. The molecule has 0 spiro atoms. The third-order valence-electron chi connectivity index (χ3n) is 2.58. The van der Waals surface area contributed by atoms with Crippen LogP contribution in [0.5, 0.6) is 0 Å². The Bertz CT molecular complexity index is 418. The number of aliphatic hydroxyl groups is 1. The summed E-state index contributed by atoms with van der Waals surface area (Å²) in [4.78, 5) is 17.6. The molecule has 1 atom stereocenters. The Morgan fingerprint density at radius 3 is 2.78 bits per heavy atom. The number of hydrogen-bond donors (Lipinski definition) is 1. The zero-order valence-electron chi connectivity index (χ0n) is 11.3. The van der Waals surface area contributed by atoms with Gasteiger partial charge in [-0.3, -0.25) is 9.88 Å².